The van der Waals surface area contributed by atoms with E-state index in [0.717, 1.165) is 33.6 Å². The maximum absolute atomic E-state index is 6.07. The number of aliphatic imine (C=N–C) groups is 1. The Morgan fingerprint density at radius 1 is 1.50 bits per heavy atom. The van der Waals surface area contributed by atoms with Gasteiger partial charge in [-0.2, -0.15) is 0 Å². The van der Waals surface area contributed by atoms with Gasteiger partial charge in [0.25, 0.3) is 0 Å². The number of anilines is 1. The van der Waals surface area contributed by atoms with E-state index >= 15 is 0 Å². The van der Waals surface area contributed by atoms with Gasteiger partial charge in [0.15, 0.2) is 5.17 Å². The van der Waals surface area contributed by atoms with Crippen molar-refractivity contribution >= 4 is 34.2 Å². The molecule has 1 aliphatic rings. The number of thioether (sulfide) groups is 1. The van der Waals surface area contributed by atoms with Crippen LogP contribution in [0.3, 0.4) is 0 Å². The molecule has 1 aromatic rings. The molecule has 1 aromatic carbocycles. The Balaban J connectivity index is 2.17. The molecule has 86 valence electrons. The summed E-state index contributed by atoms with van der Waals surface area (Å²) in [4.78, 5) is 4.57. The second kappa shape index (κ2) is 5.11. The zero-order valence-corrected chi connectivity index (χ0v) is 11.0. The fourth-order valence-electron chi connectivity index (χ4n) is 1.55. The molecule has 0 amide bonds. The summed E-state index contributed by atoms with van der Waals surface area (Å²) in [5.41, 5.74) is 2.12. The highest BCUT2D eigenvalue weighted by Crippen LogP contribution is 2.25. The van der Waals surface area contributed by atoms with E-state index < -0.39 is 0 Å². The van der Waals surface area contributed by atoms with Crippen LogP contribution >= 0.6 is 23.4 Å². The SMILES string of the molecule is Cc1c(Cl)cccc1NC1=NC(C)CCS1. The van der Waals surface area contributed by atoms with Crippen molar-refractivity contribution in [1.29, 1.82) is 0 Å². The van der Waals surface area contributed by atoms with E-state index in [4.69, 9.17) is 11.6 Å². The van der Waals surface area contributed by atoms with Crippen molar-refractivity contribution in [3.63, 3.8) is 0 Å². The first-order valence-corrected chi connectivity index (χ1v) is 6.76. The Labute approximate surface area is 105 Å². The monoisotopic (exact) mass is 254 g/mol. The van der Waals surface area contributed by atoms with Crippen molar-refractivity contribution in [2.24, 2.45) is 4.99 Å². The highest BCUT2D eigenvalue weighted by Gasteiger charge is 2.12. The maximum Gasteiger partial charge on any atom is 0.161 e. The van der Waals surface area contributed by atoms with Crippen LogP contribution < -0.4 is 5.32 Å². The standard InChI is InChI=1S/C12H15ClN2S/c1-8-6-7-16-12(14-8)15-11-5-3-4-10(13)9(11)2/h3-5,8H,6-7H2,1-2H3,(H,14,15). The summed E-state index contributed by atoms with van der Waals surface area (Å²) < 4.78 is 0. The van der Waals surface area contributed by atoms with Crippen LogP contribution in [0, 0.1) is 6.92 Å². The molecule has 0 aromatic heterocycles. The summed E-state index contributed by atoms with van der Waals surface area (Å²) in [5, 5.41) is 5.14. The lowest BCUT2D eigenvalue weighted by Crippen LogP contribution is -2.18. The third-order valence-electron chi connectivity index (χ3n) is 2.62. The molecule has 2 rings (SSSR count). The number of rotatable bonds is 1. The molecule has 0 fully saturated rings. The average Bonchev–Trinajstić information content (AvgIpc) is 2.25. The number of nitrogens with zero attached hydrogens (tertiary/aromatic N) is 1. The summed E-state index contributed by atoms with van der Waals surface area (Å²) in [5.74, 6) is 1.13. The lowest BCUT2D eigenvalue weighted by molar-refractivity contribution is 0.720. The van der Waals surface area contributed by atoms with Crippen molar-refractivity contribution in [2.75, 3.05) is 11.1 Å². The lowest BCUT2D eigenvalue weighted by Gasteiger charge is -2.18. The molecule has 1 N–H and O–H groups in total. The smallest absolute Gasteiger partial charge is 0.161 e. The molecular formula is C12H15ClN2S. The number of halogens is 1. The van der Waals surface area contributed by atoms with Crippen LogP contribution in [-0.4, -0.2) is 17.0 Å². The van der Waals surface area contributed by atoms with Gasteiger partial charge < -0.3 is 5.32 Å². The maximum atomic E-state index is 6.07. The number of nitrogens with one attached hydrogen (secondary N) is 1. The molecule has 4 heteroatoms. The second-order valence-electron chi connectivity index (χ2n) is 3.96. The molecule has 16 heavy (non-hydrogen) atoms. The zero-order valence-electron chi connectivity index (χ0n) is 9.46. The van der Waals surface area contributed by atoms with E-state index in [0.29, 0.717) is 6.04 Å². The third-order valence-corrected chi connectivity index (χ3v) is 3.95. The summed E-state index contributed by atoms with van der Waals surface area (Å²) in [6, 6.07) is 6.31. The fraction of sp³-hybridized carbons (Fsp3) is 0.417. The Hall–Kier alpha value is -0.670. The Morgan fingerprint density at radius 3 is 3.06 bits per heavy atom. The third kappa shape index (κ3) is 2.71. The minimum Gasteiger partial charge on any atom is -0.335 e. The number of amidine groups is 1. The topological polar surface area (TPSA) is 24.4 Å². The molecule has 0 bridgehead atoms. The van der Waals surface area contributed by atoms with Gasteiger partial charge in [0, 0.05) is 16.5 Å². The lowest BCUT2D eigenvalue weighted by atomic mass is 10.2. The minimum atomic E-state index is 0.420. The molecule has 0 aliphatic carbocycles. The van der Waals surface area contributed by atoms with Gasteiger partial charge in [-0.15, -0.1) is 0 Å². The van der Waals surface area contributed by atoms with Crippen LogP contribution in [0.4, 0.5) is 5.69 Å². The Kier molecular flexibility index (Phi) is 3.77. The van der Waals surface area contributed by atoms with Gasteiger partial charge in [0.2, 0.25) is 0 Å². The summed E-state index contributed by atoms with van der Waals surface area (Å²) >= 11 is 7.85. The van der Waals surface area contributed by atoms with E-state index in [9.17, 15) is 0 Å². The first-order valence-electron chi connectivity index (χ1n) is 5.39. The van der Waals surface area contributed by atoms with Crippen LogP contribution in [0.15, 0.2) is 23.2 Å². The van der Waals surface area contributed by atoms with E-state index in [-0.39, 0.29) is 0 Å². The quantitative estimate of drug-likeness (QED) is 0.821. The highest BCUT2D eigenvalue weighted by molar-refractivity contribution is 8.14. The number of hydrogen-bond donors (Lipinski definition) is 1. The van der Waals surface area contributed by atoms with Crippen LogP contribution in [0.2, 0.25) is 5.02 Å². The molecule has 0 saturated carbocycles. The fourth-order valence-corrected chi connectivity index (χ4v) is 2.82. The van der Waals surface area contributed by atoms with Crippen LogP contribution in [0.5, 0.6) is 0 Å². The van der Waals surface area contributed by atoms with Crippen molar-refractivity contribution in [2.45, 2.75) is 26.3 Å². The van der Waals surface area contributed by atoms with Gasteiger partial charge in [-0.05, 0) is 38.0 Å². The summed E-state index contributed by atoms with van der Waals surface area (Å²) in [7, 11) is 0. The van der Waals surface area contributed by atoms with Crippen LogP contribution in [0.25, 0.3) is 0 Å². The van der Waals surface area contributed by atoms with Crippen molar-refractivity contribution in [3.8, 4) is 0 Å². The molecule has 1 atom stereocenters. The molecule has 1 unspecified atom stereocenters. The second-order valence-corrected chi connectivity index (χ2v) is 5.45. The first-order chi connectivity index (χ1) is 7.66. The van der Waals surface area contributed by atoms with Gasteiger partial charge in [0.1, 0.15) is 0 Å². The molecule has 0 saturated heterocycles. The van der Waals surface area contributed by atoms with E-state index in [2.05, 4.69) is 17.2 Å². The zero-order chi connectivity index (χ0) is 11.5. The number of hydrogen-bond acceptors (Lipinski definition) is 3. The van der Waals surface area contributed by atoms with Crippen LogP contribution in [0.1, 0.15) is 18.9 Å². The first kappa shape index (κ1) is 11.8. The molecule has 1 aliphatic heterocycles. The van der Waals surface area contributed by atoms with Gasteiger partial charge in [-0.3, -0.25) is 4.99 Å². The molecule has 0 radical (unpaired) electrons. The van der Waals surface area contributed by atoms with Crippen molar-refractivity contribution in [3.05, 3.63) is 28.8 Å². The highest BCUT2D eigenvalue weighted by atomic mass is 35.5. The van der Waals surface area contributed by atoms with Crippen molar-refractivity contribution < 1.29 is 0 Å². The minimum absolute atomic E-state index is 0.420. The van der Waals surface area contributed by atoms with Gasteiger partial charge in [-0.1, -0.05) is 29.4 Å². The van der Waals surface area contributed by atoms with Gasteiger partial charge in [0.05, 0.1) is 6.04 Å². The van der Waals surface area contributed by atoms with Gasteiger partial charge in [-0.25, -0.2) is 0 Å². The van der Waals surface area contributed by atoms with E-state index in [1.54, 1.807) is 11.8 Å². The number of benzene rings is 1. The van der Waals surface area contributed by atoms with Gasteiger partial charge >= 0.3 is 0 Å². The molecule has 2 nitrogen and oxygen atoms in total. The summed E-state index contributed by atoms with van der Waals surface area (Å²) in [6.45, 7) is 4.16. The Bertz CT molecular complexity index is 417. The predicted molar refractivity (Wildman–Crippen MR) is 73.8 cm³/mol. The normalized spacial score (nSPS) is 20.4. The van der Waals surface area contributed by atoms with E-state index in [1.165, 1.54) is 0 Å². The largest absolute Gasteiger partial charge is 0.335 e. The average molecular weight is 255 g/mol. The molecular weight excluding hydrogens is 240 g/mol. The van der Waals surface area contributed by atoms with Crippen LogP contribution in [-0.2, 0) is 0 Å². The summed E-state index contributed by atoms with van der Waals surface area (Å²) in [6.07, 6.45) is 1.16. The predicted octanol–water partition coefficient (Wildman–Crippen LogP) is 3.94. The van der Waals surface area contributed by atoms with Crippen molar-refractivity contribution in [1.82, 2.24) is 0 Å². The van der Waals surface area contributed by atoms with E-state index in [1.807, 2.05) is 25.1 Å². The molecule has 1 heterocycles. The Morgan fingerprint density at radius 2 is 2.31 bits per heavy atom. The molecule has 0 spiro atoms.